The van der Waals surface area contributed by atoms with Crippen LogP contribution in [0.4, 0.5) is 9.59 Å². The summed E-state index contributed by atoms with van der Waals surface area (Å²) in [4.78, 5) is 79.9. The Morgan fingerprint density at radius 1 is 0.478 bits per heavy atom. The Morgan fingerprint density at radius 2 is 0.776 bits per heavy atom. The molecule has 376 valence electrons. The molecule has 0 fully saturated rings. The number of nitrogens with one attached hydrogen (secondary N) is 2. The van der Waals surface area contributed by atoms with Crippen LogP contribution in [0, 0.1) is 0 Å². The third kappa shape index (κ3) is 23.3. The first-order valence-electron chi connectivity index (χ1n) is 21.6. The minimum absolute atomic E-state index is 0.0596. The van der Waals surface area contributed by atoms with E-state index in [4.69, 9.17) is 28.4 Å². The molecule has 2 N–H and O–H groups in total. The Balaban J connectivity index is 2.55. The van der Waals surface area contributed by atoms with E-state index in [1.807, 2.05) is 0 Å². The number of hydrogen-bond acceptors (Lipinski definition) is 16. The number of rotatable bonds is 22. The smallest absolute Gasteiger partial charge is 0.422 e. The van der Waals surface area contributed by atoms with Crippen LogP contribution in [0.15, 0.2) is 60.7 Å². The van der Waals surface area contributed by atoms with Gasteiger partial charge in [0, 0.05) is 13.1 Å². The normalized spacial score (nSPS) is 13.5. The molecule has 2 aromatic rings. The van der Waals surface area contributed by atoms with Gasteiger partial charge in [-0.25, -0.2) is 19.0 Å². The fraction of sp³-hybridized carbons (Fsp3) is 0.600. The van der Waals surface area contributed by atoms with Gasteiger partial charge in [-0.15, -0.1) is 0 Å². The average Bonchev–Trinajstić information content (AvgIpc) is 3.15. The van der Waals surface area contributed by atoms with E-state index in [0.29, 0.717) is 19.7 Å². The minimum atomic E-state index is -5.03. The van der Waals surface area contributed by atoms with E-state index in [2.05, 4.69) is 0 Å². The predicted octanol–water partition coefficient (Wildman–Crippen LogP) is 5.99. The van der Waals surface area contributed by atoms with Crippen molar-refractivity contribution >= 4 is 56.5 Å². The molecule has 0 spiro atoms. The quantitative estimate of drug-likeness (QED) is 0.0780. The van der Waals surface area contributed by atoms with Gasteiger partial charge in [0.2, 0.25) is 0 Å². The van der Waals surface area contributed by atoms with Gasteiger partial charge in [-0.3, -0.25) is 19.2 Å². The average molecular weight is 985 g/mol. The van der Waals surface area contributed by atoms with E-state index in [1.165, 1.54) is 41.5 Å². The van der Waals surface area contributed by atoms with Gasteiger partial charge in [0.05, 0.1) is 12.8 Å². The first-order valence-corrected chi connectivity index (χ1v) is 24.4. The number of amides is 2. The van der Waals surface area contributed by atoms with Crippen molar-refractivity contribution in [2.75, 3.05) is 13.1 Å². The van der Waals surface area contributed by atoms with Gasteiger partial charge in [0.1, 0.15) is 47.7 Å². The highest BCUT2D eigenvalue weighted by atomic mass is 32.2. The van der Waals surface area contributed by atoms with Crippen LogP contribution in [0.2, 0.25) is 0 Å². The van der Waals surface area contributed by atoms with E-state index in [0.717, 1.165) is 0 Å². The van der Waals surface area contributed by atoms with Gasteiger partial charge in [-0.05, 0) is 107 Å². The van der Waals surface area contributed by atoms with E-state index in [9.17, 15) is 45.6 Å². The number of benzene rings is 2. The molecule has 0 saturated carbocycles. The highest BCUT2D eigenvalue weighted by Crippen LogP contribution is 2.23. The molecule has 0 unspecified atom stereocenters. The highest BCUT2D eigenvalue weighted by Gasteiger charge is 2.43. The fourth-order valence-corrected chi connectivity index (χ4v) is 8.36. The van der Waals surface area contributed by atoms with E-state index in [1.54, 1.807) is 112 Å². The van der Waals surface area contributed by atoms with Gasteiger partial charge in [0.25, 0.3) is 0 Å². The standard InChI is InChI=1S/C45H68N4O16S2/c1-42(2,3)62-36(50)28-34(38(52)64-44(7,8)9)48(66(56,57)46-40(54)60-30-32-22-16-13-17-23-32)26-20-15-21-27-49(67(58,59)47-41(55)61-31-33-24-18-14-19-25-33)35(39(53)65-45(10,11)12)29-37(51)63-43(4,5)6/h13-14,16-19,22-25,34-35H,15,20-21,26-31H2,1-12H3,(H,46,54)(H,47,55)/t34-,35-/m0/s1. The van der Waals surface area contributed by atoms with Crippen LogP contribution in [0.1, 0.15) is 126 Å². The van der Waals surface area contributed by atoms with Gasteiger partial charge >= 0.3 is 56.5 Å². The molecule has 0 aromatic heterocycles. The second kappa shape index (κ2) is 24.6. The molecular formula is C45H68N4O16S2. The molecule has 2 amide bonds. The fourth-order valence-electron chi connectivity index (χ4n) is 5.86. The molecule has 0 aliphatic heterocycles. The van der Waals surface area contributed by atoms with E-state index < -0.39 is 117 Å². The van der Waals surface area contributed by atoms with Crippen molar-refractivity contribution in [3.8, 4) is 0 Å². The second-order valence-corrected chi connectivity index (χ2v) is 22.5. The number of esters is 4. The minimum Gasteiger partial charge on any atom is -0.460 e. The summed E-state index contributed by atoms with van der Waals surface area (Å²) in [6, 6.07) is 13.0. The number of ether oxygens (including phenoxy) is 6. The number of carbonyl (C=O) groups excluding carboxylic acids is 6. The van der Waals surface area contributed by atoms with Crippen LogP contribution >= 0.6 is 0 Å². The van der Waals surface area contributed by atoms with Gasteiger partial charge in [-0.1, -0.05) is 67.1 Å². The van der Waals surface area contributed by atoms with Crippen LogP contribution in [0.25, 0.3) is 0 Å². The first-order chi connectivity index (χ1) is 30.7. The lowest BCUT2D eigenvalue weighted by atomic mass is 10.1. The molecule has 20 nitrogen and oxygen atoms in total. The van der Waals surface area contributed by atoms with Crippen molar-refractivity contribution in [2.24, 2.45) is 0 Å². The zero-order chi connectivity index (χ0) is 51.0. The molecule has 0 aliphatic rings. The van der Waals surface area contributed by atoms with Crippen molar-refractivity contribution in [3.63, 3.8) is 0 Å². The molecular weight excluding hydrogens is 917 g/mol. The Morgan fingerprint density at radius 3 is 1.06 bits per heavy atom. The second-order valence-electron chi connectivity index (χ2n) is 19.3. The summed E-state index contributed by atoms with van der Waals surface area (Å²) < 4.78 is 93.2. The Hall–Kier alpha value is -5.32. The van der Waals surface area contributed by atoms with Crippen LogP contribution in [0.5, 0.6) is 0 Å². The zero-order valence-electron chi connectivity index (χ0n) is 40.5. The Bertz CT molecular complexity index is 2040. The van der Waals surface area contributed by atoms with Crippen molar-refractivity contribution in [2.45, 2.75) is 163 Å². The predicted molar refractivity (Wildman–Crippen MR) is 245 cm³/mol. The summed E-state index contributed by atoms with van der Waals surface area (Å²) in [5, 5.41) is 0. The summed E-state index contributed by atoms with van der Waals surface area (Å²) in [6.07, 6.45) is -4.88. The molecule has 67 heavy (non-hydrogen) atoms. The van der Waals surface area contributed by atoms with Crippen molar-refractivity contribution < 1.29 is 74.0 Å². The van der Waals surface area contributed by atoms with Crippen LogP contribution < -0.4 is 9.44 Å². The van der Waals surface area contributed by atoms with Crippen LogP contribution in [-0.2, 0) is 81.2 Å². The molecule has 2 aromatic carbocycles. The largest absolute Gasteiger partial charge is 0.460 e. The maximum absolute atomic E-state index is 14.1. The lowest BCUT2D eigenvalue weighted by Crippen LogP contribution is -2.54. The van der Waals surface area contributed by atoms with Gasteiger partial charge in [-0.2, -0.15) is 25.4 Å². The Labute approximate surface area is 395 Å². The monoisotopic (exact) mass is 984 g/mol. The maximum Gasteiger partial charge on any atom is 0.422 e. The van der Waals surface area contributed by atoms with E-state index >= 15 is 0 Å². The molecule has 0 heterocycles. The molecule has 0 radical (unpaired) electrons. The molecule has 0 bridgehead atoms. The number of carbonyl (C=O) groups is 6. The van der Waals surface area contributed by atoms with E-state index in [-0.39, 0.29) is 32.5 Å². The van der Waals surface area contributed by atoms with Crippen LogP contribution in [-0.4, -0.2) is 109 Å². The summed E-state index contributed by atoms with van der Waals surface area (Å²) in [5.41, 5.74) is -3.33. The summed E-state index contributed by atoms with van der Waals surface area (Å²) in [5.74, 6) is -4.23. The topological polar surface area (TPSA) is 257 Å². The molecule has 0 saturated heterocycles. The number of hydrogen-bond donors (Lipinski definition) is 2. The van der Waals surface area contributed by atoms with Crippen molar-refractivity contribution in [3.05, 3.63) is 71.8 Å². The summed E-state index contributed by atoms with van der Waals surface area (Å²) in [6.45, 7) is 16.8. The molecule has 22 heteroatoms. The van der Waals surface area contributed by atoms with Gasteiger partial charge in [0.15, 0.2) is 0 Å². The molecule has 2 rings (SSSR count). The third-order valence-corrected chi connectivity index (χ3v) is 11.3. The van der Waals surface area contributed by atoms with Crippen molar-refractivity contribution in [1.82, 2.24) is 18.1 Å². The first kappa shape index (κ1) is 57.8. The number of nitrogens with zero attached hydrogens (tertiary/aromatic N) is 2. The maximum atomic E-state index is 14.1. The summed E-state index contributed by atoms with van der Waals surface area (Å²) in [7, 11) is -10.1. The number of unbranched alkanes of at least 4 members (excludes halogenated alkanes) is 2. The summed E-state index contributed by atoms with van der Waals surface area (Å²) >= 11 is 0. The third-order valence-electron chi connectivity index (χ3n) is 8.34. The van der Waals surface area contributed by atoms with Crippen LogP contribution in [0.3, 0.4) is 0 Å². The molecule has 0 aliphatic carbocycles. The lowest BCUT2D eigenvalue weighted by Gasteiger charge is -2.32. The van der Waals surface area contributed by atoms with Crippen molar-refractivity contribution in [1.29, 1.82) is 0 Å². The Kier molecular flexibility index (Phi) is 21.2. The zero-order valence-corrected chi connectivity index (χ0v) is 42.2. The van der Waals surface area contributed by atoms with Gasteiger partial charge < -0.3 is 28.4 Å². The molecule has 2 atom stereocenters. The highest BCUT2D eigenvalue weighted by molar-refractivity contribution is 7.88. The SMILES string of the molecule is CC(C)(C)OC(=O)C[C@@H](C(=O)OC(C)(C)C)N(CCCCCN([C@@H](CC(=O)OC(C)(C)C)C(=O)OC(C)(C)C)S(=O)(=O)NC(=O)OCc1ccccc1)S(=O)(=O)NC(=O)OCc1ccccc1. The lowest BCUT2D eigenvalue weighted by molar-refractivity contribution is -0.167.